The number of ether oxygens (including phenoxy) is 1. The molecule has 0 aromatic heterocycles. The molecule has 2 aliphatic heterocycles. The second-order valence-electron chi connectivity index (χ2n) is 7.18. The molecule has 0 spiro atoms. The molecule has 0 radical (unpaired) electrons. The van der Waals surface area contributed by atoms with Gasteiger partial charge in [-0.25, -0.2) is 14.1 Å². The fraction of sp³-hybridized carbons (Fsp3) is 0.647. The van der Waals surface area contributed by atoms with Crippen LogP contribution in [-0.4, -0.2) is 24.4 Å². The highest BCUT2D eigenvalue weighted by Crippen LogP contribution is 2.43. The number of hydrogen-bond donors (Lipinski definition) is 0. The van der Waals surface area contributed by atoms with Gasteiger partial charge in [-0.15, -0.1) is 5.23 Å². The molecule has 3 rings (SSSR count). The number of nitrogens with zero attached hydrogens (tertiary/aromatic N) is 1. The maximum atomic E-state index is 14.8. The van der Waals surface area contributed by atoms with Crippen LogP contribution in [0.5, 0.6) is 0 Å². The number of rotatable bonds is 2. The van der Waals surface area contributed by atoms with Crippen LogP contribution in [0.25, 0.3) is 0 Å². The highest BCUT2D eigenvalue weighted by atomic mass is 127. The van der Waals surface area contributed by atoms with Gasteiger partial charge in [-0.3, -0.25) is 0 Å². The maximum Gasteiger partial charge on any atom is 0.152 e. The summed E-state index contributed by atoms with van der Waals surface area (Å²) in [4.78, 5) is 11.7. The molecule has 1 aromatic carbocycles. The third-order valence-corrected chi connectivity index (χ3v) is 5.81. The molecule has 6 heteroatoms. The first-order valence-corrected chi connectivity index (χ1v) is 9.04. The smallest absolute Gasteiger partial charge is 0.152 e. The predicted molar refractivity (Wildman–Crippen MR) is 94.7 cm³/mol. The molecular formula is C17H23FINO3. The van der Waals surface area contributed by atoms with Crippen molar-refractivity contribution in [1.82, 2.24) is 0 Å². The fourth-order valence-corrected chi connectivity index (χ4v) is 3.58. The summed E-state index contributed by atoms with van der Waals surface area (Å²) in [7, 11) is 0. The van der Waals surface area contributed by atoms with E-state index < -0.39 is 11.2 Å². The first-order chi connectivity index (χ1) is 10.7. The van der Waals surface area contributed by atoms with Crippen molar-refractivity contribution in [2.24, 2.45) is 0 Å². The Bertz CT molecular complexity index is 560. The molecule has 0 saturated carbocycles. The monoisotopic (exact) mass is 435 g/mol. The summed E-state index contributed by atoms with van der Waals surface area (Å²) in [6, 6.07) is 3.64. The highest BCUT2D eigenvalue weighted by Gasteiger charge is 2.50. The van der Waals surface area contributed by atoms with Gasteiger partial charge in [0.1, 0.15) is 16.9 Å². The number of hydrogen-bond acceptors (Lipinski definition) is 4. The van der Waals surface area contributed by atoms with Gasteiger partial charge in [0.15, 0.2) is 5.82 Å². The van der Waals surface area contributed by atoms with Crippen molar-refractivity contribution in [3.63, 3.8) is 0 Å². The zero-order valence-electron chi connectivity index (χ0n) is 14.0. The molecule has 2 heterocycles. The van der Waals surface area contributed by atoms with Gasteiger partial charge < -0.3 is 4.74 Å². The van der Waals surface area contributed by atoms with E-state index in [1.54, 1.807) is 6.07 Å². The Morgan fingerprint density at radius 2 is 1.65 bits per heavy atom. The molecule has 4 nitrogen and oxygen atoms in total. The molecule has 0 unspecified atom stereocenters. The first-order valence-electron chi connectivity index (χ1n) is 7.96. The molecule has 2 fully saturated rings. The van der Waals surface area contributed by atoms with Gasteiger partial charge in [-0.2, -0.15) is 0 Å². The van der Waals surface area contributed by atoms with Crippen molar-refractivity contribution in [3.05, 3.63) is 27.1 Å². The topological polar surface area (TPSA) is 30.9 Å². The van der Waals surface area contributed by atoms with E-state index in [0.717, 1.165) is 35.2 Å². The van der Waals surface area contributed by atoms with Crippen molar-refractivity contribution in [1.29, 1.82) is 0 Å². The number of anilines is 1. The lowest BCUT2D eigenvalue weighted by molar-refractivity contribution is -0.0291. The molecule has 128 valence electrons. The second-order valence-corrected chi connectivity index (χ2v) is 8.34. The molecule has 0 N–H and O–H groups in total. The van der Waals surface area contributed by atoms with E-state index in [1.165, 1.54) is 5.23 Å². The Morgan fingerprint density at radius 1 is 1.09 bits per heavy atom. The zero-order chi connectivity index (χ0) is 16.8. The van der Waals surface area contributed by atoms with Crippen LogP contribution >= 0.6 is 22.6 Å². The lowest BCUT2D eigenvalue weighted by Gasteiger charge is -2.26. The van der Waals surface area contributed by atoms with Crippen molar-refractivity contribution in [2.75, 3.05) is 18.4 Å². The highest BCUT2D eigenvalue weighted by molar-refractivity contribution is 14.1. The van der Waals surface area contributed by atoms with Crippen molar-refractivity contribution in [2.45, 2.75) is 57.7 Å². The van der Waals surface area contributed by atoms with Crippen LogP contribution in [0.4, 0.5) is 10.1 Å². The van der Waals surface area contributed by atoms with Gasteiger partial charge in [-0.1, -0.05) is 0 Å². The van der Waals surface area contributed by atoms with Crippen LogP contribution in [0.2, 0.25) is 0 Å². The quantitative estimate of drug-likeness (QED) is 0.638. The standard InChI is InChI=1S/C17H23FINO3/c1-16(2)17(3,4)23-20(22-16)15-13(18)9-12(10-14(15)19)11-5-7-21-8-6-11/h9-11H,5-8H2,1-4H3. The third kappa shape index (κ3) is 3.23. The Kier molecular flexibility index (Phi) is 4.63. The van der Waals surface area contributed by atoms with E-state index in [9.17, 15) is 4.39 Å². The minimum Gasteiger partial charge on any atom is -0.381 e. The molecule has 0 bridgehead atoms. The van der Waals surface area contributed by atoms with Gasteiger partial charge in [0.2, 0.25) is 0 Å². The van der Waals surface area contributed by atoms with Gasteiger partial charge in [0.05, 0.1) is 0 Å². The molecule has 0 atom stereocenters. The average molecular weight is 435 g/mol. The van der Waals surface area contributed by atoms with E-state index in [0.29, 0.717) is 11.6 Å². The van der Waals surface area contributed by atoms with Crippen molar-refractivity contribution >= 4 is 28.3 Å². The molecule has 0 amide bonds. The molecule has 2 aliphatic rings. The van der Waals surface area contributed by atoms with E-state index >= 15 is 0 Å². The van der Waals surface area contributed by atoms with Crippen LogP contribution in [0.3, 0.4) is 0 Å². The molecule has 0 aliphatic carbocycles. The van der Waals surface area contributed by atoms with Crippen LogP contribution in [0.1, 0.15) is 52.0 Å². The lowest BCUT2D eigenvalue weighted by Crippen LogP contribution is -2.41. The predicted octanol–water partition coefficient (Wildman–Crippen LogP) is 4.56. The summed E-state index contributed by atoms with van der Waals surface area (Å²) in [5, 5.41) is 1.24. The fourth-order valence-electron chi connectivity index (χ4n) is 2.77. The molecule has 1 aromatic rings. The summed E-state index contributed by atoms with van der Waals surface area (Å²) in [5.74, 6) is 0.0426. The van der Waals surface area contributed by atoms with E-state index in [2.05, 4.69) is 22.6 Å². The van der Waals surface area contributed by atoms with E-state index in [4.69, 9.17) is 14.4 Å². The lowest BCUT2D eigenvalue weighted by atomic mass is 9.90. The summed E-state index contributed by atoms with van der Waals surface area (Å²) in [6.45, 7) is 9.24. The Hall–Kier alpha value is -0.440. The van der Waals surface area contributed by atoms with Gasteiger partial charge in [-0.05, 0) is 86.7 Å². The third-order valence-electron chi connectivity index (χ3n) is 4.99. The number of benzene rings is 1. The Balaban J connectivity index is 1.90. The van der Waals surface area contributed by atoms with E-state index in [1.807, 2.05) is 33.8 Å². The normalized spacial score (nSPS) is 24.2. The number of halogens is 2. The molecule has 23 heavy (non-hydrogen) atoms. The SMILES string of the molecule is CC1(C)ON(c2c(F)cc(C3CCOCC3)cc2I)OC1(C)C. The van der Waals surface area contributed by atoms with Crippen LogP contribution in [0, 0.1) is 9.39 Å². The summed E-state index contributed by atoms with van der Waals surface area (Å²) in [6.07, 6.45) is 1.87. The van der Waals surface area contributed by atoms with Gasteiger partial charge >= 0.3 is 0 Å². The minimum atomic E-state index is -0.540. The maximum absolute atomic E-state index is 14.8. The average Bonchev–Trinajstić information content (AvgIpc) is 2.67. The van der Waals surface area contributed by atoms with Crippen molar-refractivity contribution in [3.8, 4) is 0 Å². The van der Waals surface area contributed by atoms with Gasteiger partial charge in [0, 0.05) is 16.8 Å². The molecular weight excluding hydrogens is 412 g/mol. The summed E-state index contributed by atoms with van der Waals surface area (Å²) < 4.78 is 21.0. The second kappa shape index (κ2) is 6.13. The zero-order valence-corrected chi connectivity index (χ0v) is 16.1. The Morgan fingerprint density at radius 3 is 2.17 bits per heavy atom. The van der Waals surface area contributed by atoms with E-state index in [-0.39, 0.29) is 5.82 Å². The largest absolute Gasteiger partial charge is 0.381 e. The van der Waals surface area contributed by atoms with Crippen LogP contribution in [0.15, 0.2) is 12.1 Å². The molecule has 2 saturated heterocycles. The Labute approximate surface area is 150 Å². The van der Waals surface area contributed by atoms with Crippen molar-refractivity contribution < 1.29 is 18.8 Å². The van der Waals surface area contributed by atoms with Crippen LogP contribution < -0.4 is 5.23 Å². The van der Waals surface area contributed by atoms with Gasteiger partial charge in [0.25, 0.3) is 0 Å². The first kappa shape index (κ1) is 17.4. The van der Waals surface area contributed by atoms with Crippen LogP contribution in [-0.2, 0) is 14.4 Å². The summed E-state index contributed by atoms with van der Waals surface area (Å²) in [5.41, 5.74) is 0.292. The minimum absolute atomic E-state index is 0.313. The summed E-state index contributed by atoms with van der Waals surface area (Å²) >= 11 is 2.15.